The highest BCUT2D eigenvalue weighted by atomic mass is 31.2. The first-order valence-corrected chi connectivity index (χ1v) is 10.4. The van der Waals surface area contributed by atoms with Crippen molar-refractivity contribution in [1.82, 2.24) is 0 Å². The van der Waals surface area contributed by atoms with Gasteiger partial charge in [0, 0.05) is 0 Å². The second kappa shape index (κ2) is 5.57. The van der Waals surface area contributed by atoms with Gasteiger partial charge in [0.2, 0.25) is 0 Å². The Bertz CT molecular complexity index is 699. The molecule has 1 aromatic carbocycles. The number of phenolic OH excluding ortho intramolecular Hbond substituents is 1. The molecule has 6 heteroatoms. The summed E-state index contributed by atoms with van der Waals surface area (Å²) >= 11 is 0. The molecule has 0 spiro atoms. The van der Waals surface area contributed by atoms with Gasteiger partial charge in [-0.3, -0.25) is 4.52 Å². The Kier molecular flexibility index (Phi) is 3.85. The molecular weight excluding hydrogens is 327 g/mol. The number of phenols is 1. The van der Waals surface area contributed by atoms with E-state index in [0.717, 1.165) is 38.5 Å². The molecule has 0 unspecified atom stereocenters. The molecule has 5 nitrogen and oxygen atoms in total. The largest absolute Gasteiger partial charge is 0.508 e. The predicted molar refractivity (Wildman–Crippen MR) is 89.6 cm³/mol. The number of phosphoric acid groups is 1. The number of hydrogen-bond donors (Lipinski definition) is 3. The van der Waals surface area contributed by atoms with Crippen LogP contribution in [0.15, 0.2) is 18.2 Å². The molecule has 4 rings (SSSR count). The third-order valence-corrected chi connectivity index (χ3v) is 7.42. The molecule has 24 heavy (non-hydrogen) atoms. The van der Waals surface area contributed by atoms with Crippen molar-refractivity contribution in [2.45, 2.75) is 57.5 Å². The number of fused-ring (bicyclic) bond motifs is 5. The van der Waals surface area contributed by atoms with Crippen molar-refractivity contribution in [3.05, 3.63) is 29.3 Å². The zero-order valence-corrected chi connectivity index (χ0v) is 14.8. The average Bonchev–Trinajstić information content (AvgIpc) is 2.82. The molecule has 2 saturated carbocycles. The van der Waals surface area contributed by atoms with Gasteiger partial charge in [0.25, 0.3) is 0 Å². The van der Waals surface area contributed by atoms with E-state index >= 15 is 0 Å². The summed E-state index contributed by atoms with van der Waals surface area (Å²) in [6.07, 6.45) is 5.39. The maximum Gasteiger partial charge on any atom is 0.469 e. The smallest absolute Gasteiger partial charge is 0.469 e. The number of phosphoric ester groups is 1. The van der Waals surface area contributed by atoms with Gasteiger partial charge in [-0.2, -0.15) is 0 Å². The summed E-state index contributed by atoms with van der Waals surface area (Å²) in [4.78, 5) is 18.5. The van der Waals surface area contributed by atoms with Gasteiger partial charge >= 0.3 is 7.82 Å². The number of hydrogen-bond acceptors (Lipinski definition) is 3. The van der Waals surface area contributed by atoms with E-state index in [4.69, 9.17) is 4.52 Å². The van der Waals surface area contributed by atoms with Crippen LogP contribution in [0.4, 0.5) is 0 Å². The van der Waals surface area contributed by atoms with Crippen LogP contribution < -0.4 is 0 Å². The van der Waals surface area contributed by atoms with Gasteiger partial charge in [-0.1, -0.05) is 13.0 Å². The van der Waals surface area contributed by atoms with Gasteiger partial charge in [-0.15, -0.1) is 0 Å². The Hall–Kier alpha value is -0.870. The number of benzene rings is 1. The van der Waals surface area contributed by atoms with E-state index in [9.17, 15) is 19.5 Å². The molecule has 0 heterocycles. The van der Waals surface area contributed by atoms with Crippen molar-refractivity contribution >= 4 is 7.82 Å². The van der Waals surface area contributed by atoms with Crippen LogP contribution in [-0.4, -0.2) is 21.0 Å². The van der Waals surface area contributed by atoms with Crippen LogP contribution >= 0.6 is 7.82 Å². The lowest BCUT2D eigenvalue weighted by molar-refractivity contribution is -0.0217. The van der Waals surface area contributed by atoms with Crippen LogP contribution in [0, 0.1) is 17.3 Å². The van der Waals surface area contributed by atoms with Crippen molar-refractivity contribution in [2.75, 3.05) is 0 Å². The van der Waals surface area contributed by atoms with Crippen LogP contribution in [0.5, 0.6) is 5.75 Å². The molecule has 0 bridgehead atoms. The van der Waals surface area contributed by atoms with E-state index in [1.807, 2.05) is 6.07 Å². The zero-order chi connectivity index (χ0) is 17.1. The standard InChI is InChI=1S/C18H25O5P/c1-18-9-8-14-13-5-3-12(19)10-11(13)2-4-15(14)16(18)6-7-17(18)23-24(20,21)22/h3,5,10,14-17,19H,2,4,6-9H2,1H3,(H2,20,21,22)/t14-,15-,16+,17+,18+/m1/s1. The highest BCUT2D eigenvalue weighted by Gasteiger charge is 2.56. The summed E-state index contributed by atoms with van der Waals surface area (Å²) in [5, 5.41) is 9.73. The molecule has 3 aliphatic rings. The molecule has 0 amide bonds. The molecule has 0 radical (unpaired) electrons. The maximum atomic E-state index is 11.3. The molecule has 0 aromatic heterocycles. The highest BCUT2D eigenvalue weighted by molar-refractivity contribution is 7.46. The minimum Gasteiger partial charge on any atom is -0.508 e. The molecule has 0 saturated heterocycles. The van der Waals surface area contributed by atoms with E-state index in [-0.39, 0.29) is 11.5 Å². The average molecular weight is 352 g/mol. The fourth-order valence-electron chi connectivity index (χ4n) is 5.86. The van der Waals surface area contributed by atoms with Gasteiger partial charge in [-0.25, -0.2) is 4.57 Å². The van der Waals surface area contributed by atoms with E-state index in [2.05, 4.69) is 13.0 Å². The normalized spacial score (nSPS) is 38.3. The maximum absolute atomic E-state index is 11.3. The van der Waals surface area contributed by atoms with Gasteiger partial charge < -0.3 is 14.9 Å². The van der Waals surface area contributed by atoms with E-state index < -0.39 is 7.82 Å². The van der Waals surface area contributed by atoms with Crippen molar-refractivity contribution in [2.24, 2.45) is 17.3 Å². The first kappa shape index (κ1) is 16.6. The van der Waals surface area contributed by atoms with Gasteiger partial charge in [-0.05, 0) is 85.0 Å². The fraction of sp³-hybridized carbons (Fsp3) is 0.667. The quantitative estimate of drug-likeness (QED) is 0.706. The Labute approximate surface area is 142 Å². The van der Waals surface area contributed by atoms with E-state index in [1.54, 1.807) is 6.07 Å². The summed E-state index contributed by atoms with van der Waals surface area (Å²) in [6, 6.07) is 5.75. The molecule has 132 valence electrons. The topological polar surface area (TPSA) is 87.0 Å². The highest BCUT2D eigenvalue weighted by Crippen LogP contribution is 2.63. The Morgan fingerprint density at radius 3 is 2.75 bits per heavy atom. The molecule has 0 aliphatic heterocycles. The van der Waals surface area contributed by atoms with E-state index in [1.165, 1.54) is 11.1 Å². The van der Waals surface area contributed by atoms with Crippen LogP contribution in [0.3, 0.4) is 0 Å². The summed E-state index contributed by atoms with van der Waals surface area (Å²) in [5.74, 6) is 1.84. The van der Waals surface area contributed by atoms with Crippen LogP contribution in [-0.2, 0) is 15.5 Å². The van der Waals surface area contributed by atoms with Gasteiger partial charge in [0.05, 0.1) is 6.10 Å². The zero-order valence-electron chi connectivity index (χ0n) is 13.9. The van der Waals surface area contributed by atoms with Crippen LogP contribution in [0.1, 0.15) is 56.1 Å². The second-order valence-corrected chi connectivity index (χ2v) is 9.20. The van der Waals surface area contributed by atoms with Crippen molar-refractivity contribution in [1.29, 1.82) is 0 Å². The lowest BCUT2D eigenvalue weighted by Gasteiger charge is -2.50. The Morgan fingerprint density at radius 1 is 1.21 bits per heavy atom. The minimum absolute atomic E-state index is 0.142. The molecule has 2 fully saturated rings. The third kappa shape index (κ3) is 2.62. The number of rotatable bonds is 2. The van der Waals surface area contributed by atoms with Crippen molar-refractivity contribution in [3.8, 4) is 5.75 Å². The second-order valence-electron chi connectivity index (χ2n) is 8.01. The molecule has 5 atom stereocenters. The third-order valence-electron chi connectivity index (χ3n) is 6.89. The predicted octanol–water partition coefficient (Wildman–Crippen LogP) is 3.73. The summed E-state index contributed by atoms with van der Waals surface area (Å²) in [7, 11) is -4.44. The van der Waals surface area contributed by atoms with Crippen molar-refractivity contribution < 1.29 is 24.0 Å². The van der Waals surface area contributed by atoms with Gasteiger partial charge in [0.1, 0.15) is 5.75 Å². The number of aryl methyl sites for hydroxylation is 1. The monoisotopic (exact) mass is 352 g/mol. The Balaban J connectivity index is 1.62. The molecular formula is C18H25O5P. The lowest BCUT2D eigenvalue weighted by Crippen LogP contribution is -2.44. The number of aromatic hydroxyl groups is 1. The van der Waals surface area contributed by atoms with Crippen LogP contribution in [0.2, 0.25) is 0 Å². The summed E-state index contributed by atoms with van der Waals surface area (Å²) in [6.45, 7) is 2.16. The van der Waals surface area contributed by atoms with Crippen molar-refractivity contribution in [3.63, 3.8) is 0 Å². The minimum atomic E-state index is -4.44. The SMILES string of the molecule is C[C@]12CC[C@@H]3c4ccc(O)cc4CC[C@H]3[C@@H]1CC[C@@H]2OP(=O)(O)O. The van der Waals surface area contributed by atoms with E-state index in [0.29, 0.717) is 23.5 Å². The summed E-state index contributed by atoms with van der Waals surface area (Å²) < 4.78 is 16.5. The fourth-order valence-corrected chi connectivity index (χ4v) is 6.54. The summed E-state index contributed by atoms with van der Waals surface area (Å²) in [5.41, 5.74) is 2.49. The molecule has 1 aromatic rings. The van der Waals surface area contributed by atoms with Crippen LogP contribution in [0.25, 0.3) is 0 Å². The first-order valence-electron chi connectivity index (χ1n) is 8.84. The Morgan fingerprint density at radius 2 is 2.00 bits per heavy atom. The van der Waals surface area contributed by atoms with Gasteiger partial charge in [0.15, 0.2) is 0 Å². The first-order chi connectivity index (χ1) is 11.3. The lowest BCUT2D eigenvalue weighted by atomic mass is 9.55. The molecule has 3 N–H and O–H groups in total. The molecule has 3 aliphatic carbocycles.